The molecule has 110 valence electrons. The van der Waals surface area contributed by atoms with Crippen LogP contribution in [-0.2, 0) is 16.0 Å². The highest BCUT2D eigenvalue weighted by atomic mass is 16.5. The molecule has 2 amide bonds. The van der Waals surface area contributed by atoms with Crippen LogP contribution < -0.4 is 15.4 Å². The molecule has 1 aromatic rings. The Hall–Kier alpha value is -2.04. The summed E-state index contributed by atoms with van der Waals surface area (Å²) in [5.74, 6) is 0.317. The molecule has 0 aliphatic rings. The average Bonchev–Trinajstić information content (AvgIpc) is 2.45. The van der Waals surface area contributed by atoms with Crippen LogP contribution in [0.15, 0.2) is 24.3 Å². The Morgan fingerprint density at radius 1 is 1.10 bits per heavy atom. The predicted molar refractivity (Wildman–Crippen MR) is 77.6 cm³/mol. The van der Waals surface area contributed by atoms with Gasteiger partial charge in [-0.2, -0.15) is 0 Å². The van der Waals surface area contributed by atoms with Crippen molar-refractivity contribution < 1.29 is 14.3 Å². The molecular weight excluding hydrogens is 256 g/mol. The third-order valence-electron chi connectivity index (χ3n) is 2.80. The predicted octanol–water partition coefficient (Wildman–Crippen LogP) is 1.27. The second kappa shape index (κ2) is 8.96. The van der Waals surface area contributed by atoms with Crippen LogP contribution >= 0.6 is 0 Å². The number of ether oxygens (including phenoxy) is 1. The van der Waals surface area contributed by atoms with E-state index in [1.54, 1.807) is 7.11 Å². The van der Waals surface area contributed by atoms with E-state index < -0.39 is 0 Å². The van der Waals surface area contributed by atoms with Gasteiger partial charge < -0.3 is 15.4 Å². The summed E-state index contributed by atoms with van der Waals surface area (Å²) >= 11 is 0. The molecule has 0 unspecified atom stereocenters. The molecule has 0 fully saturated rings. The zero-order chi connectivity index (χ0) is 14.8. The van der Waals surface area contributed by atoms with Gasteiger partial charge in [-0.05, 0) is 24.5 Å². The maximum atomic E-state index is 11.6. The molecule has 1 rings (SSSR count). The summed E-state index contributed by atoms with van der Waals surface area (Å²) in [6, 6.07) is 7.67. The summed E-state index contributed by atoms with van der Waals surface area (Å²) in [7, 11) is 1.62. The van der Waals surface area contributed by atoms with Crippen LogP contribution in [0.25, 0.3) is 0 Å². The summed E-state index contributed by atoms with van der Waals surface area (Å²) in [5.41, 5.74) is 1.03. The third-order valence-corrected chi connectivity index (χ3v) is 2.80. The number of nitrogens with one attached hydrogen (secondary N) is 2. The van der Waals surface area contributed by atoms with Gasteiger partial charge in [0.1, 0.15) is 12.2 Å². The van der Waals surface area contributed by atoms with E-state index in [1.165, 1.54) is 0 Å². The van der Waals surface area contributed by atoms with Gasteiger partial charge in [0, 0.05) is 13.1 Å². The van der Waals surface area contributed by atoms with E-state index in [2.05, 4.69) is 10.6 Å². The van der Waals surface area contributed by atoms with Gasteiger partial charge in [-0.1, -0.05) is 25.1 Å². The van der Waals surface area contributed by atoms with Crippen molar-refractivity contribution in [3.05, 3.63) is 29.8 Å². The van der Waals surface area contributed by atoms with Crippen molar-refractivity contribution in [2.45, 2.75) is 26.2 Å². The first kappa shape index (κ1) is 16.0. The highest BCUT2D eigenvalue weighted by Crippen LogP contribution is 2.17. The van der Waals surface area contributed by atoms with Crippen molar-refractivity contribution in [1.29, 1.82) is 0 Å². The molecule has 0 spiro atoms. The van der Waals surface area contributed by atoms with Gasteiger partial charge in [-0.3, -0.25) is 9.59 Å². The number of para-hydroxylation sites is 1. The zero-order valence-corrected chi connectivity index (χ0v) is 12.1. The largest absolute Gasteiger partial charge is 0.496 e. The summed E-state index contributed by atoms with van der Waals surface area (Å²) in [6.45, 7) is 3.06. The van der Waals surface area contributed by atoms with Crippen molar-refractivity contribution in [2.24, 2.45) is 0 Å². The van der Waals surface area contributed by atoms with E-state index in [9.17, 15) is 9.59 Å². The van der Waals surface area contributed by atoms with Crippen LogP contribution in [0, 0.1) is 0 Å². The minimum absolute atomic E-state index is 0.119. The van der Waals surface area contributed by atoms with E-state index in [-0.39, 0.29) is 18.2 Å². The van der Waals surface area contributed by atoms with E-state index in [0.29, 0.717) is 19.5 Å². The fourth-order valence-corrected chi connectivity index (χ4v) is 1.78. The quantitative estimate of drug-likeness (QED) is 0.704. The molecule has 0 heterocycles. The molecule has 0 aliphatic heterocycles. The van der Waals surface area contributed by atoms with Crippen LogP contribution in [-0.4, -0.2) is 32.0 Å². The fourth-order valence-electron chi connectivity index (χ4n) is 1.78. The van der Waals surface area contributed by atoms with Crippen LogP contribution in [0.5, 0.6) is 5.75 Å². The monoisotopic (exact) mass is 278 g/mol. The number of hydrogen-bond acceptors (Lipinski definition) is 3. The Labute approximate surface area is 119 Å². The van der Waals surface area contributed by atoms with E-state index in [1.807, 2.05) is 31.2 Å². The molecule has 5 nitrogen and oxygen atoms in total. The number of hydrogen-bond donors (Lipinski definition) is 2. The Kier molecular flexibility index (Phi) is 7.17. The molecular formula is C15H22N2O3. The normalized spacial score (nSPS) is 9.90. The first-order valence-corrected chi connectivity index (χ1v) is 6.82. The average molecular weight is 278 g/mol. The number of carbonyl (C=O) groups is 2. The SMILES string of the molecule is CCCNC(=O)CC(=O)NCCc1ccccc1OC. The Morgan fingerprint density at radius 3 is 2.40 bits per heavy atom. The van der Waals surface area contributed by atoms with Gasteiger partial charge >= 0.3 is 0 Å². The number of benzene rings is 1. The molecule has 0 aromatic heterocycles. The van der Waals surface area contributed by atoms with Crippen molar-refractivity contribution in [2.75, 3.05) is 20.2 Å². The Bertz CT molecular complexity index is 446. The molecule has 20 heavy (non-hydrogen) atoms. The highest BCUT2D eigenvalue weighted by molar-refractivity contribution is 5.96. The topological polar surface area (TPSA) is 67.4 Å². The molecule has 0 radical (unpaired) electrons. The van der Waals surface area contributed by atoms with Crippen molar-refractivity contribution in [1.82, 2.24) is 10.6 Å². The fraction of sp³-hybridized carbons (Fsp3) is 0.467. The lowest BCUT2D eigenvalue weighted by atomic mass is 10.1. The maximum Gasteiger partial charge on any atom is 0.229 e. The lowest BCUT2D eigenvalue weighted by Crippen LogP contribution is -2.33. The van der Waals surface area contributed by atoms with Crippen LogP contribution in [0.3, 0.4) is 0 Å². The van der Waals surface area contributed by atoms with Crippen LogP contribution in [0.4, 0.5) is 0 Å². The first-order chi connectivity index (χ1) is 9.67. The Morgan fingerprint density at radius 2 is 1.75 bits per heavy atom. The smallest absolute Gasteiger partial charge is 0.229 e. The summed E-state index contributed by atoms with van der Waals surface area (Å²) in [4.78, 5) is 22.9. The van der Waals surface area contributed by atoms with Crippen LogP contribution in [0.2, 0.25) is 0 Å². The lowest BCUT2D eigenvalue weighted by molar-refractivity contribution is -0.129. The van der Waals surface area contributed by atoms with E-state index in [4.69, 9.17) is 4.74 Å². The van der Waals surface area contributed by atoms with Crippen LogP contribution in [0.1, 0.15) is 25.3 Å². The van der Waals surface area contributed by atoms with E-state index in [0.717, 1.165) is 17.7 Å². The van der Waals surface area contributed by atoms with Crippen molar-refractivity contribution >= 4 is 11.8 Å². The summed E-state index contributed by atoms with van der Waals surface area (Å²) in [6.07, 6.45) is 1.42. The molecule has 0 aliphatic carbocycles. The van der Waals surface area contributed by atoms with Crippen molar-refractivity contribution in [3.8, 4) is 5.75 Å². The molecule has 0 bridgehead atoms. The molecule has 0 atom stereocenters. The van der Waals surface area contributed by atoms with Gasteiger partial charge in [0.25, 0.3) is 0 Å². The molecule has 5 heteroatoms. The highest BCUT2D eigenvalue weighted by Gasteiger charge is 2.08. The van der Waals surface area contributed by atoms with E-state index >= 15 is 0 Å². The minimum atomic E-state index is -0.256. The zero-order valence-electron chi connectivity index (χ0n) is 12.1. The number of carbonyl (C=O) groups excluding carboxylic acids is 2. The van der Waals surface area contributed by atoms with Gasteiger partial charge in [-0.15, -0.1) is 0 Å². The second-order valence-corrected chi connectivity index (χ2v) is 4.44. The number of amides is 2. The summed E-state index contributed by atoms with van der Waals surface area (Å²) < 4.78 is 5.23. The number of rotatable bonds is 8. The van der Waals surface area contributed by atoms with Gasteiger partial charge in [0.05, 0.1) is 7.11 Å². The maximum absolute atomic E-state index is 11.6. The lowest BCUT2D eigenvalue weighted by Gasteiger charge is -2.09. The first-order valence-electron chi connectivity index (χ1n) is 6.82. The van der Waals surface area contributed by atoms with Crippen molar-refractivity contribution in [3.63, 3.8) is 0 Å². The number of methoxy groups -OCH3 is 1. The molecule has 0 saturated carbocycles. The van der Waals surface area contributed by atoms with Gasteiger partial charge in [-0.25, -0.2) is 0 Å². The molecule has 1 aromatic carbocycles. The third kappa shape index (κ3) is 5.73. The molecule has 2 N–H and O–H groups in total. The standard InChI is InChI=1S/C15H22N2O3/c1-3-9-16-14(18)11-15(19)17-10-8-12-6-4-5-7-13(12)20-2/h4-7H,3,8-11H2,1-2H3,(H,16,18)(H,17,19). The van der Waals surface area contributed by atoms with Gasteiger partial charge in [0.15, 0.2) is 0 Å². The minimum Gasteiger partial charge on any atom is -0.496 e. The molecule has 0 saturated heterocycles. The Balaban J connectivity index is 2.29. The second-order valence-electron chi connectivity index (χ2n) is 4.44. The van der Waals surface area contributed by atoms with Gasteiger partial charge in [0.2, 0.25) is 11.8 Å². The summed E-state index contributed by atoms with van der Waals surface area (Å²) in [5, 5.41) is 5.40.